The maximum atomic E-state index is 12.0. The number of nitrogens with zero attached hydrogens (tertiary/aromatic N) is 2. The van der Waals surface area contributed by atoms with Gasteiger partial charge >= 0.3 is 0 Å². The van der Waals surface area contributed by atoms with Crippen molar-refractivity contribution in [1.82, 2.24) is 20.5 Å². The van der Waals surface area contributed by atoms with Gasteiger partial charge in [-0.2, -0.15) is 0 Å². The Morgan fingerprint density at radius 1 is 1.44 bits per heavy atom. The van der Waals surface area contributed by atoms with Crippen molar-refractivity contribution in [2.24, 2.45) is 5.92 Å². The lowest BCUT2D eigenvalue weighted by atomic mass is 10.1. The van der Waals surface area contributed by atoms with Gasteiger partial charge in [-0.25, -0.2) is 4.98 Å². The number of carbonyl (C=O) groups excluding carboxylic acids is 1. The van der Waals surface area contributed by atoms with E-state index in [0.29, 0.717) is 11.7 Å². The normalized spacial score (nSPS) is 20.7. The zero-order chi connectivity index (χ0) is 12.5. The van der Waals surface area contributed by atoms with E-state index in [4.69, 9.17) is 0 Å². The van der Waals surface area contributed by atoms with E-state index < -0.39 is 0 Å². The molecule has 1 atom stereocenters. The molecule has 2 aliphatic rings. The van der Waals surface area contributed by atoms with Crippen molar-refractivity contribution in [3.05, 3.63) is 11.6 Å². The van der Waals surface area contributed by atoms with Crippen molar-refractivity contribution in [2.75, 3.05) is 0 Å². The van der Waals surface area contributed by atoms with E-state index in [9.17, 15) is 4.79 Å². The second-order valence-electron chi connectivity index (χ2n) is 5.58. The van der Waals surface area contributed by atoms with E-state index in [-0.39, 0.29) is 11.9 Å². The number of aromatic nitrogens is 3. The summed E-state index contributed by atoms with van der Waals surface area (Å²) in [6.07, 6.45) is 7.03. The van der Waals surface area contributed by atoms with Crippen LogP contribution in [0.2, 0.25) is 0 Å². The summed E-state index contributed by atoms with van der Waals surface area (Å²) in [4.78, 5) is 16.3. The van der Waals surface area contributed by atoms with Crippen LogP contribution in [0, 0.1) is 5.92 Å². The van der Waals surface area contributed by atoms with E-state index in [0.717, 1.165) is 37.4 Å². The molecule has 0 aliphatic heterocycles. The molecule has 2 N–H and O–H groups in total. The fraction of sp³-hybridized carbons (Fsp3) is 0.769. The van der Waals surface area contributed by atoms with E-state index in [1.807, 2.05) is 0 Å². The van der Waals surface area contributed by atoms with Crippen LogP contribution in [0.3, 0.4) is 0 Å². The van der Waals surface area contributed by atoms with Crippen LogP contribution >= 0.6 is 0 Å². The van der Waals surface area contributed by atoms with E-state index >= 15 is 0 Å². The van der Waals surface area contributed by atoms with Crippen molar-refractivity contribution in [1.29, 1.82) is 0 Å². The van der Waals surface area contributed by atoms with Crippen LogP contribution in [0.1, 0.15) is 67.8 Å². The number of carbonyl (C=O) groups is 1. The molecule has 1 aromatic heterocycles. The topological polar surface area (TPSA) is 70.7 Å². The lowest BCUT2D eigenvalue weighted by molar-refractivity contribution is 0.0922. The summed E-state index contributed by atoms with van der Waals surface area (Å²) < 4.78 is 0. The highest BCUT2D eigenvalue weighted by Gasteiger charge is 2.29. The van der Waals surface area contributed by atoms with Gasteiger partial charge in [0.25, 0.3) is 5.91 Å². The molecule has 0 radical (unpaired) electrons. The summed E-state index contributed by atoms with van der Waals surface area (Å²) in [6, 6.07) is 0.271. The van der Waals surface area contributed by atoms with Gasteiger partial charge in [-0.3, -0.25) is 9.89 Å². The van der Waals surface area contributed by atoms with Gasteiger partial charge < -0.3 is 5.32 Å². The van der Waals surface area contributed by atoms with Crippen LogP contribution in [0.25, 0.3) is 0 Å². The van der Waals surface area contributed by atoms with E-state index in [1.165, 1.54) is 12.8 Å². The molecule has 1 amide bonds. The van der Waals surface area contributed by atoms with Gasteiger partial charge in [-0.05, 0) is 31.6 Å². The first kappa shape index (κ1) is 11.7. The van der Waals surface area contributed by atoms with Crippen LogP contribution in [-0.4, -0.2) is 27.1 Å². The van der Waals surface area contributed by atoms with Crippen molar-refractivity contribution in [2.45, 2.75) is 57.4 Å². The fourth-order valence-electron chi connectivity index (χ4n) is 2.25. The largest absolute Gasteiger partial charge is 0.347 e. The average molecular weight is 248 g/mol. The number of rotatable bonds is 6. The Hall–Kier alpha value is -1.39. The molecule has 0 aromatic carbocycles. The van der Waals surface area contributed by atoms with Gasteiger partial charge in [0.15, 0.2) is 0 Å². The van der Waals surface area contributed by atoms with Gasteiger partial charge in [0.1, 0.15) is 5.82 Å². The Kier molecular flexibility index (Phi) is 3.06. The second kappa shape index (κ2) is 4.71. The zero-order valence-electron chi connectivity index (χ0n) is 10.8. The van der Waals surface area contributed by atoms with Crippen LogP contribution in [0.4, 0.5) is 0 Å². The molecular weight excluding hydrogens is 228 g/mol. The molecule has 2 aliphatic carbocycles. The number of nitrogens with one attached hydrogen (secondary N) is 2. The maximum absolute atomic E-state index is 12.0. The molecule has 5 heteroatoms. The lowest BCUT2D eigenvalue weighted by Crippen LogP contribution is -2.35. The van der Waals surface area contributed by atoms with Crippen molar-refractivity contribution in [3.8, 4) is 0 Å². The van der Waals surface area contributed by atoms with Gasteiger partial charge in [0.2, 0.25) is 5.82 Å². The van der Waals surface area contributed by atoms with Crippen LogP contribution in [0.15, 0.2) is 0 Å². The Balaban J connectivity index is 1.57. The molecule has 3 rings (SSSR count). The van der Waals surface area contributed by atoms with Crippen molar-refractivity contribution < 1.29 is 4.79 Å². The quantitative estimate of drug-likeness (QED) is 0.808. The van der Waals surface area contributed by atoms with Gasteiger partial charge in [0, 0.05) is 12.0 Å². The molecule has 0 saturated heterocycles. The molecule has 2 fully saturated rings. The summed E-state index contributed by atoms with van der Waals surface area (Å²) in [5.41, 5.74) is 0. The summed E-state index contributed by atoms with van der Waals surface area (Å²) >= 11 is 0. The SMILES string of the molecule is CCC(CC1CC1)NC(=O)c1n[nH]c(C2CC2)n1. The third-order valence-electron chi connectivity index (χ3n) is 3.81. The first-order chi connectivity index (χ1) is 8.76. The Bertz CT molecular complexity index is 434. The third kappa shape index (κ3) is 2.71. The van der Waals surface area contributed by atoms with E-state index in [1.54, 1.807) is 0 Å². The van der Waals surface area contributed by atoms with Crippen molar-refractivity contribution in [3.63, 3.8) is 0 Å². The van der Waals surface area contributed by atoms with E-state index in [2.05, 4.69) is 27.4 Å². The smallest absolute Gasteiger partial charge is 0.291 e. The number of H-pyrrole nitrogens is 1. The predicted molar refractivity (Wildman–Crippen MR) is 67.2 cm³/mol. The minimum absolute atomic E-state index is 0.134. The molecule has 5 nitrogen and oxygen atoms in total. The molecule has 0 spiro atoms. The highest BCUT2D eigenvalue weighted by molar-refractivity contribution is 5.90. The predicted octanol–water partition coefficient (Wildman–Crippen LogP) is 1.99. The summed E-state index contributed by atoms with van der Waals surface area (Å²) in [5, 5.41) is 9.93. The fourth-order valence-corrected chi connectivity index (χ4v) is 2.25. The van der Waals surface area contributed by atoms with Gasteiger partial charge in [-0.1, -0.05) is 19.8 Å². The summed E-state index contributed by atoms with van der Waals surface area (Å²) in [6.45, 7) is 2.11. The van der Waals surface area contributed by atoms with Crippen LogP contribution in [0.5, 0.6) is 0 Å². The number of hydrogen-bond donors (Lipinski definition) is 2. The molecule has 2 saturated carbocycles. The zero-order valence-corrected chi connectivity index (χ0v) is 10.8. The number of hydrogen-bond acceptors (Lipinski definition) is 3. The molecule has 18 heavy (non-hydrogen) atoms. The number of aromatic amines is 1. The van der Waals surface area contributed by atoms with Crippen LogP contribution < -0.4 is 5.32 Å². The Morgan fingerprint density at radius 3 is 2.83 bits per heavy atom. The molecule has 0 bridgehead atoms. The molecule has 1 heterocycles. The minimum atomic E-state index is -0.134. The lowest BCUT2D eigenvalue weighted by Gasteiger charge is -2.15. The molecular formula is C13H20N4O. The van der Waals surface area contributed by atoms with Gasteiger partial charge in [-0.15, -0.1) is 5.10 Å². The molecule has 1 aromatic rings. The number of amides is 1. The standard InChI is InChI=1S/C13H20N4O/c1-2-10(7-8-3-4-8)14-13(18)12-15-11(16-17-12)9-5-6-9/h8-10H,2-7H2,1H3,(H,14,18)(H,15,16,17). The summed E-state index contributed by atoms with van der Waals surface area (Å²) in [5.74, 6) is 2.36. The van der Waals surface area contributed by atoms with Crippen molar-refractivity contribution >= 4 is 5.91 Å². The highest BCUT2D eigenvalue weighted by Crippen LogP contribution is 2.37. The minimum Gasteiger partial charge on any atom is -0.347 e. The second-order valence-corrected chi connectivity index (χ2v) is 5.58. The molecule has 1 unspecified atom stereocenters. The summed E-state index contributed by atoms with van der Waals surface area (Å²) in [7, 11) is 0. The Labute approximate surface area is 107 Å². The first-order valence-corrected chi connectivity index (χ1v) is 6.99. The molecule has 98 valence electrons. The third-order valence-corrected chi connectivity index (χ3v) is 3.81. The Morgan fingerprint density at radius 2 is 2.22 bits per heavy atom. The van der Waals surface area contributed by atoms with Gasteiger partial charge in [0.05, 0.1) is 0 Å². The average Bonchev–Trinajstić information content (AvgIpc) is 3.29. The van der Waals surface area contributed by atoms with Crippen LogP contribution in [-0.2, 0) is 0 Å². The monoisotopic (exact) mass is 248 g/mol. The first-order valence-electron chi connectivity index (χ1n) is 6.99. The maximum Gasteiger partial charge on any atom is 0.291 e. The highest BCUT2D eigenvalue weighted by atomic mass is 16.2.